The Kier molecular flexibility index (Phi) is 6.43. The third-order valence-electron chi connectivity index (χ3n) is 2.63. The number of nitriles is 1. The Hall–Kier alpha value is -0.690. The van der Waals surface area contributed by atoms with Crippen molar-refractivity contribution in [1.82, 2.24) is 5.32 Å². The highest BCUT2D eigenvalue weighted by Crippen LogP contribution is 2.17. The molecule has 0 aliphatic rings. The summed E-state index contributed by atoms with van der Waals surface area (Å²) in [6, 6.07) is 7.50. The van der Waals surface area contributed by atoms with Gasteiger partial charge >= 0.3 is 0 Å². The van der Waals surface area contributed by atoms with Crippen LogP contribution in [0.1, 0.15) is 24.5 Å². The summed E-state index contributed by atoms with van der Waals surface area (Å²) in [5.41, 5.74) is 1.65. The van der Waals surface area contributed by atoms with Crippen LogP contribution in [0.15, 0.2) is 18.2 Å². The molecule has 0 heterocycles. The number of nitrogens with zero attached hydrogens (tertiary/aromatic N) is 1. The molecule has 1 aromatic rings. The standard InChI is InChI=1S/C13H17ClN2S/c1-10(17-2)5-6-16-9-12-4-3-11(8-15)7-13(12)14/h3-4,7,10,16H,5-6,9H2,1-2H3. The largest absolute Gasteiger partial charge is 0.313 e. The zero-order valence-corrected chi connectivity index (χ0v) is 11.7. The van der Waals surface area contributed by atoms with Gasteiger partial charge in [-0.2, -0.15) is 17.0 Å². The molecule has 0 aliphatic carbocycles. The third kappa shape index (κ3) is 4.99. The first kappa shape index (κ1) is 14.4. The second-order valence-electron chi connectivity index (χ2n) is 3.93. The molecule has 92 valence electrons. The summed E-state index contributed by atoms with van der Waals surface area (Å²) >= 11 is 7.96. The lowest BCUT2D eigenvalue weighted by Gasteiger charge is -2.10. The number of benzene rings is 1. The predicted octanol–water partition coefficient (Wildman–Crippen LogP) is 3.44. The van der Waals surface area contributed by atoms with Gasteiger partial charge in [0.2, 0.25) is 0 Å². The highest BCUT2D eigenvalue weighted by molar-refractivity contribution is 7.99. The molecule has 0 amide bonds. The molecule has 0 aliphatic heterocycles. The van der Waals surface area contributed by atoms with Crippen LogP contribution in [0.4, 0.5) is 0 Å². The van der Waals surface area contributed by atoms with Gasteiger partial charge in [-0.1, -0.05) is 24.6 Å². The highest BCUT2D eigenvalue weighted by Gasteiger charge is 2.02. The van der Waals surface area contributed by atoms with Crippen LogP contribution in [0, 0.1) is 11.3 Å². The van der Waals surface area contributed by atoms with Crippen molar-refractivity contribution in [3.8, 4) is 6.07 Å². The van der Waals surface area contributed by atoms with Gasteiger partial charge in [-0.3, -0.25) is 0 Å². The van der Waals surface area contributed by atoms with Gasteiger partial charge in [-0.05, 0) is 36.9 Å². The number of hydrogen-bond acceptors (Lipinski definition) is 3. The highest BCUT2D eigenvalue weighted by atomic mass is 35.5. The number of hydrogen-bond donors (Lipinski definition) is 1. The van der Waals surface area contributed by atoms with Crippen LogP contribution in [-0.2, 0) is 6.54 Å². The van der Waals surface area contributed by atoms with Gasteiger partial charge in [0.05, 0.1) is 11.6 Å². The van der Waals surface area contributed by atoms with Crippen LogP contribution in [0.2, 0.25) is 5.02 Å². The van der Waals surface area contributed by atoms with Crippen molar-refractivity contribution < 1.29 is 0 Å². The second kappa shape index (κ2) is 7.60. The lowest BCUT2D eigenvalue weighted by Crippen LogP contribution is -2.17. The summed E-state index contributed by atoms with van der Waals surface area (Å²) in [4.78, 5) is 0. The van der Waals surface area contributed by atoms with E-state index >= 15 is 0 Å². The van der Waals surface area contributed by atoms with Crippen molar-refractivity contribution in [3.05, 3.63) is 34.3 Å². The molecule has 1 unspecified atom stereocenters. The Balaban J connectivity index is 2.40. The molecule has 0 spiro atoms. The molecule has 0 saturated carbocycles. The SMILES string of the molecule is CSC(C)CCNCc1ccc(C#N)cc1Cl. The molecule has 0 fully saturated rings. The van der Waals surface area contributed by atoms with E-state index in [9.17, 15) is 0 Å². The molecule has 0 radical (unpaired) electrons. The van der Waals surface area contributed by atoms with Crippen molar-refractivity contribution in [2.45, 2.75) is 25.1 Å². The molecule has 1 atom stereocenters. The van der Waals surface area contributed by atoms with E-state index in [0.29, 0.717) is 15.8 Å². The van der Waals surface area contributed by atoms with Gasteiger partial charge in [-0.25, -0.2) is 0 Å². The molecule has 17 heavy (non-hydrogen) atoms. The zero-order chi connectivity index (χ0) is 12.7. The monoisotopic (exact) mass is 268 g/mol. The fourth-order valence-corrected chi connectivity index (χ4v) is 2.01. The first-order chi connectivity index (χ1) is 8.17. The molecule has 1 rings (SSSR count). The Bertz CT molecular complexity index is 401. The summed E-state index contributed by atoms with van der Waals surface area (Å²) in [6.45, 7) is 3.96. The van der Waals surface area contributed by atoms with Crippen molar-refractivity contribution >= 4 is 23.4 Å². The van der Waals surface area contributed by atoms with Crippen LogP contribution in [0.5, 0.6) is 0 Å². The molecule has 0 aromatic heterocycles. The quantitative estimate of drug-likeness (QED) is 0.803. The Labute approximate surface area is 112 Å². The predicted molar refractivity (Wildman–Crippen MR) is 75.5 cm³/mol. The number of rotatable bonds is 6. The third-order valence-corrected chi connectivity index (χ3v) is 4.02. The molecule has 1 aromatic carbocycles. The average Bonchev–Trinajstić information content (AvgIpc) is 2.35. The van der Waals surface area contributed by atoms with Gasteiger partial charge in [0.25, 0.3) is 0 Å². The Morgan fingerprint density at radius 2 is 2.29 bits per heavy atom. The van der Waals surface area contributed by atoms with E-state index in [1.165, 1.54) is 0 Å². The van der Waals surface area contributed by atoms with Crippen molar-refractivity contribution in [2.24, 2.45) is 0 Å². The van der Waals surface area contributed by atoms with E-state index in [1.807, 2.05) is 17.8 Å². The van der Waals surface area contributed by atoms with E-state index in [-0.39, 0.29) is 0 Å². The summed E-state index contributed by atoms with van der Waals surface area (Å²) in [6.07, 6.45) is 3.28. The Morgan fingerprint density at radius 3 is 2.88 bits per heavy atom. The van der Waals surface area contributed by atoms with Gasteiger partial charge in [-0.15, -0.1) is 0 Å². The van der Waals surface area contributed by atoms with Crippen LogP contribution >= 0.6 is 23.4 Å². The zero-order valence-electron chi connectivity index (χ0n) is 10.2. The summed E-state index contributed by atoms with van der Waals surface area (Å²) in [7, 11) is 0. The van der Waals surface area contributed by atoms with Crippen LogP contribution < -0.4 is 5.32 Å². The normalized spacial score (nSPS) is 12.1. The number of nitrogens with one attached hydrogen (secondary N) is 1. The van der Waals surface area contributed by atoms with Gasteiger partial charge in [0.1, 0.15) is 0 Å². The topological polar surface area (TPSA) is 35.8 Å². The van der Waals surface area contributed by atoms with Crippen molar-refractivity contribution in [2.75, 3.05) is 12.8 Å². The van der Waals surface area contributed by atoms with E-state index in [2.05, 4.69) is 24.6 Å². The maximum atomic E-state index is 8.73. The lowest BCUT2D eigenvalue weighted by atomic mass is 10.1. The first-order valence-corrected chi connectivity index (χ1v) is 7.26. The minimum absolute atomic E-state index is 0.606. The van der Waals surface area contributed by atoms with E-state index in [0.717, 1.165) is 25.1 Å². The summed E-state index contributed by atoms with van der Waals surface area (Å²) in [5.74, 6) is 0. The average molecular weight is 269 g/mol. The molecule has 0 bridgehead atoms. The molecule has 1 N–H and O–H groups in total. The fraction of sp³-hybridized carbons (Fsp3) is 0.462. The minimum Gasteiger partial charge on any atom is -0.313 e. The molecule has 4 heteroatoms. The van der Waals surface area contributed by atoms with E-state index < -0.39 is 0 Å². The van der Waals surface area contributed by atoms with Gasteiger partial charge in [0.15, 0.2) is 0 Å². The minimum atomic E-state index is 0.606. The first-order valence-electron chi connectivity index (χ1n) is 5.59. The smallest absolute Gasteiger partial charge is 0.0992 e. The van der Waals surface area contributed by atoms with Crippen LogP contribution in [0.25, 0.3) is 0 Å². The lowest BCUT2D eigenvalue weighted by molar-refractivity contribution is 0.648. The van der Waals surface area contributed by atoms with Gasteiger partial charge < -0.3 is 5.32 Å². The second-order valence-corrected chi connectivity index (χ2v) is 5.61. The van der Waals surface area contributed by atoms with Crippen LogP contribution in [-0.4, -0.2) is 18.1 Å². The van der Waals surface area contributed by atoms with E-state index in [1.54, 1.807) is 12.1 Å². The van der Waals surface area contributed by atoms with Crippen molar-refractivity contribution in [1.29, 1.82) is 5.26 Å². The molecular weight excluding hydrogens is 252 g/mol. The van der Waals surface area contributed by atoms with Gasteiger partial charge in [0, 0.05) is 16.8 Å². The number of thioether (sulfide) groups is 1. The molecule has 0 saturated heterocycles. The summed E-state index contributed by atoms with van der Waals surface area (Å²) < 4.78 is 0. The summed E-state index contributed by atoms with van der Waals surface area (Å²) in [5, 5.41) is 13.4. The van der Waals surface area contributed by atoms with Crippen LogP contribution in [0.3, 0.4) is 0 Å². The van der Waals surface area contributed by atoms with E-state index in [4.69, 9.17) is 16.9 Å². The molecule has 2 nitrogen and oxygen atoms in total. The maximum absolute atomic E-state index is 8.73. The van der Waals surface area contributed by atoms with Crippen molar-refractivity contribution in [3.63, 3.8) is 0 Å². The fourth-order valence-electron chi connectivity index (χ4n) is 1.41. The Morgan fingerprint density at radius 1 is 1.53 bits per heavy atom. The molecular formula is C13H17ClN2S. The number of halogens is 1. The maximum Gasteiger partial charge on any atom is 0.0992 e.